The highest BCUT2D eigenvalue weighted by atomic mass is 16.4. The van der Waals surface area contributed by atoms with Crippen molar-refractivity contribution in [2.45, 2.75) is 0 Å². The summed E-state index contributed by atoms with van der Waals surface area (Å²) < 4.78 is 0. The van der Waals surface area contributed by atoms with Gasteiger partial charge >= 0.3 is 11.9 Å². The smallest absolute Gasteiger partial charge is 0.341 e. The second-order valence-corrected chi connectivity index (χ2v) is 3.26. The summed E-state index contributed by atoms with van der Waals surface area (Å²) in [7, 11) is 0. The Bertz CT molecular complexity index is 621. The Morgan fingerprint density at radius 1 is 1.11 bits per heavy atom. The number of nitrogens with zero attached hydrogens (tertiary/aromatic N) is 1. The number of aromatic carboxylic acids is 2. The Morgan fingerprint density at radius 3 is 2.21 bits per heavy atom. The third-order valence-corrected chi connectivity index (χ3v) is 1.96. The van der Waals surface area contributed by atoms with Gasteiger partial charge < -0.3 is 15.2 Å². The minimum absolute atomic E-state index is 0.220. The summed E-state index contributed by atoms with van der Waals surface area (Å²) in [6, 6.07) is 5.80. The van der Waals surface area contributed by atoms with Crippen LogP contribution in [0.4, 0.5) is 0 Å². The predicted octanol–water partition coefficient (Wildman–Crippen LogP) is 0.853. The number of carboxylic acids is 2. The molecule has 0 aromatic carbocycles. The molecule has 98 valence electrons. The fourth-order valence-electron chi connectivity index (χ4n) is 1.08. The van der Waals surface area contributed by atoms with Crippen LogP contribution in [0.25, 0.3) is 0 Å². The van der Waals surface area contributed by atoms with Crippen molar-refractivity contribution in [3.05, 3.63) is 64.3 Å². The molecule has 0 fully saturated rings. The van der Waals surface area contributed by atoms with E-state index in [0.29, 0.717) is 0 Å². The maximum absolute atomic E-state index is 10.6. The molecule has 19 heavy (non-hydrogen) atoms. The van der Waals surface area contributed by atoms with Crippen LogP contribution in [0.2, 0.25) is 0 Å². The molecule has 0 radical (unpaired) electrons. The van der Waals surface area contributed by atoms with E-state index in [0.717, 1.165) is 0 Å². The highest BCUT2D eigenvalue weighted by Gasteiger charge is 2.04. The molecule has 0 bridgehead atoms. The first kappa shape index (κ1) is 14.1. The number of aromatic amines is 1. The third-order valence-electron chi connectivity index (χ3n) is 1.96. The lowest BCUT2D eigenvalue weighted by molar-refractivity contribution is 0.0684. The molecule has 0 saturated heterocycles. The second kappa shape index (κ2) is 6.70. The fraction of sp³-hybridized carbons (Fsp3) is 0. The summed E-state index contributed by atoms with van der Waals surface area (Å²) in [5, 5.41) is 16.7. The van der Waals surface area contributed by atoms with Crippen molar-refractivity contribution in [2.75, 3.05) is 0 Å². The largest absolute Gasteiger partial charge is 0.478 e. The zero-order chi connectivity index (χ0) is 14.3. The summed E-state index contributed by atoms with van der Waals surface area (Å²) >= 11 is 0. The number of hydrogen-bond donors (Lipinski definition) is 3. The SMILES string of the molecule is O=C(O)c1ccc[nH]c1=O.O=C(O)c1cccnc1. The molecule has 2 aromatic rings. The van der Waals surface area contributed by atoms with Crippen molar-refractivity contribution in [2.24, 2.45) is 0 Å². The number of rotatable bonds is 2. The maximum Gasteiger partial charge on any atom is 0.341 e. The lowest BCUT2D eigenvalue weighted by Gasteiger charge is -1.88. The van der Waals surface area contributed by atoms with Gasteiger partial charge in [-0.2, -0.15) is 0 Å². The van der Waals surface area contributed by atoms with Gasteiger partial charge in [-0.25, -0.2) is 9.59 Å². The van der Waals surface area contributed by atoms with Gasteiger partial charge in [-0.05, 0) is 24.3 Å². The van der Waals surface area contributed by atoms with E-state index >= 15 is 0 Å². The van der Waals surface area contributed by atoms with Crippen molar-refractivity contribution in [3.63, 3.8) is 0 Å². The number of carboxylic acid groups (broad SMARTS) is 2. The van der Waals surface area contributed by atoms with Crippen molar-refractivity contribution in [3.8, 4) is 0 Å². The first-order valence-corrected chi connectivity index (χ1v) is 5.06. The van der Waals surface area contributed by atoms with Crippen LogP contribution in [0.1, 0.15) is 20.7 Å². The molecule has 7 nitrogen and oxygen atoms in total. The average Bonchev–Trinajstić information content (AvgIpc) is 2.40. The van der Waals surface area contributed by atoms with Gasteiger partial charge in [0.1, 0.15) is 5.56 Å². The Labute approximate surface area is 107 Å². The summed E-state index contributed by atoms with van der Waals surface area (Å²) in [5.74, 6) is -2.15. The molecule has 2 rings (SSSR count). The summed E-state index contributed by atoms with van der Waals surface area (Å²) in [6.07, 6.45) is 4.23. The van der Waals surface area contributed by atoms with Crippen LogP contribution >= 0.6 is 0 Å². The molecular weight excluding hydrogens is 252 g/mol. The van der Waals surface area contributed by atoms with Crippen molar-refractivity contribution >= 4 is 11.9 Å². The number of pyridine rings is 2. The Balaban J connectivity index is 0.000000191. The fourth-order valence-corrected chi connectivity index (χ4v) is 1.08. The normalized spacial score (nSPS) is 9.05. The molecule has 0 aliphatic heterocycles. The lowest BCUT2D eigenvalue weighted by atomic mass is 10.3. The number of hydrogen-bond acceptors (Lipinski definition) is 4. The van der Waals surface area contributed by atoms with Gasteiger partial charge in [0.15, 0.2) is 0 Å². The molecule has 0 spiro atoms. The first-order valence-electron chi connectivity index (χ1n) is 5.06. The minimum Gasteiger partial charge on any atom is -0.478 e. The van der Waals surface area contributed by atoms with Gasteiger partial charge in [0.05, 0.1) is 5.56 Å². The van der Waals surface area contributed by atoms with Gasteiger partial charge in [-0.3, -0.25) is 9.78 Å². The number of nitrogens with one attached hydrogen (secondary N) is 1. The molecule has 3 N–H and O–H groups in total. The Morgan fingerprint density at radius 2 is 1.84 bits per heavy atom. The van der Waals surface area contributed by atoms with Crippen LogP contribution in [0.3, 0.4) is 0 Å². The van der Waals surface area contributed by atoms with E-state index in [1.807, 2.05) is 0 Å². The van der Waals surface area contributed by atoms with Crippen molar-refractivity contribution in [1.82, 2.24) is 9.97 Å². The van der Waals surface area contributed by atoms with Crippen LogP contribution in [0, 0.1) is 0 Å². The predicted molar refractivity (Wildman–Crippen MR) is 65.2 cm³/mol. The second-order valence-electron chi connectivity index (χ2n) is 3.26. The summed E-state index contributed by atoms with van der Waals surface area (Å²) in [5.41, 5.74) is -0.588. The summed E-state index contributed by atoms with van der Waals surface area (Å²) in [4.78, 5) is 36.9. The van der Waals surface area contributed by atoms with E-state index in [2.05, 4.69) is 9.97 Å². The maximum atomic E-state index is 10.6. The third kappa shape index (κ3) is 4.43. The van der Waals surface area contributed by atoms with E-state index in [-0.39, 0.29) is 11.1 Å². The van der Waals surface area contributed by atoms with E-state index in [9.17, 15) is 14.4 Å². The average molecular weight is 262 g/mol. The molecule has 2 heterocycles. The van der Waals surface area contributed by atoms with Gasteiger partial charge in [0.2, 0.25) is 0 Å². The standard InChI is InChI=1S/C6H5NO3.C6H5NO2/c8-5-4(6(9)10)2-1-3-7-5;8-6(9)5-2-1-3-7-4-5/h1-3H,(H,7,8)(H,9,10);1-4H,(H,8,9). The molecule has 7 heteroatoms. The molecular formula is C12H10N2O5. The Hall–Kier alpha value is -2.96. The Kier molecular flexibility index (Phi) is 4.97. The zero-order valence-electron chi connectivity index (χ0n) is 9.61. The van der Waals surface area contributed by atoms with Crippen LogP contribution in [0.15, 0.2) is 47.7 Å². The van der Waals surface area contributed by atoms with Crippen LogP contribution < -0.4 is 5.56 Å². The van der Waals surface area contributed by atoms with Gasteiger partial charge in [-0.15, -0.1) is 0 Å². The molecule has 0 amide bonds. The monoisotopic (exact) mass is 262 g/mol. The zero-order valence-corrected chi connectivity index (χ0v) is 9.61. The van der Waals surface area contributed by atoms with Crippen LogP contribution in [0.5, 0.6) is 0 Å². The van der Waals surface area contributed by atoms with E-state index in [4.69, 9.17) is 10.2 Å². The topological polar surface area (TPSA) is 120 Å². The molecule has 0 atom stereocenters. The van der Waals surface area contributed by atoms with E-state index in [1.165, 1.54) is 36.8 Å². The van der Waals surface area contributed by atoms with Gasteiger partial charge in [0.25, 0.3) is 5.56 Å². The van der Waals surface area contributed by atoms with E-state index < -0.39 is 17.5 Å². The van der Waals surface area contributed by atoms with Crippen LogP contribution in [-0.4, -0.2) is 32.1 Å². The number of aromatic nitrogens is 2. The van der Waals surface area contributed by atoms with E-state index in [1.54, 1.807) is 6.07 Å². The molecule has 0 aliphatic carbocycles. The van der Waals surface area contributed by atoms with Crippen LogP contribution in [-0.2, 0) is 0 Å². The molecule has 0 saturated carbocycles. The summed E-state index contributed by atoms with van der Waals surface area (Å²) in [6.45, 7) is 0. The highest BCUT2D eigenvalue weighted by Crippen LogP contribution is 1.92. The molecule has 0 aliphatic rings. The minimum atomic E-state index is -1.21. The van der Waals surface area contributed by atoms with Gasteiger partial charge in [0, 0.05) is 18.6 Å². The molecule has 0 unspecified atom stereocenters. The highest BCUT2D eigenvalue weighted by molar-refractivity contribution is 5.87. The first-order chi connectivity index (χ1) is 9.02. The lowest BCUT2D eigenvalue weighted by Crippen LogP contribution is -2.15. The molecule has 2 aromatic heterocycles. The number of carbonyl (C=O) groups is 2. The van der Waals surface area contributed by atoms with Crippen molar-refractivity contribution < 1.29 is 19.8 Å². The number of H-pyrrole nitrogens is 1. The van der Waals surface area contributed by atoms with Crippen molar-refractivity contribution in [1.29, 1.82) is 0 Å². The van der Waals surface area contributed by atoms with Gasteiger partial charge in [-0.1, -0.05) is 0 Å². The quantitative estimate of drug-likeness (QED) is 0.737.